The zero-order valence-electron chi connectivity index (χ0n) is 21.3. The van der Waals surface area contributed by atoms with Gasteiger partial charge in [0.05, 0.1) is 18.4 Å². The van der Waals surface area contributed by atoms with Gasteiger partial charge in [-0.15, -0.1) is 0 Å². The summed E-state index contributed by atoms with van der Waals surface area (Å²) in [6, 6.07) is 6.70. The van der Waals surface area contributed by atoms with Crippen LogP contribution < -0.4 is 16.0 Å². The summed E-state index contributed by atoms with van der Waals surface area (Å²) in [6.07, 6.45) is 13.9. The number of benzene rings is 1. The van der Waals surface area contributed by atoms with Crippen LogP contribution >= 0.6 is 47.0 Å². The molecule has 0 saturated carbocycles. The molecule has 1 amide bonds. The van der Waals surface area contributed by atoms with Gasteiger partial charge in [0, 0.05) is 6.42 Å². The molecule has 204 valence electrons. The predicted octanol–water partition coefficient (Wildman–Crippen LogP) is 7.66. The number of para-hydroxylation sites is 1. The summed E-state index contributed by atoms with van der Waals surface area (Å²) >= 11 is 23.5. The predicted molar refractivity (Wildman–Crippen MR) is 155 cm³/mol. The van der Waals surface area contributed by atoms with Crippen LogP contribution in [-0.2, 0) is 9.53 Å². The maximum Gasteiger partial charge on any atom is 0.339 e. The number of rotatable bonds is 17. The van der Waals surface area contributed by atoms with Crippen LogP contribution in [0.2, 0.25) is 0 Å². The Morgan fingerprint density at radius 3 is 1.94 bits per heavy atom. The van der Waals surface area contributed by atoms with Gasteiger partial charge in [0.15, 0.2) is 5.11 Å². The number of halogens is 3. The van der Waals surface area contributed by atoms with Crippen molar-refractivity contribution in [3.05, 3.63) is 29.8 Å². The van der Waals surface area contributed by atoms with Gasteiger partial charge in [0.25, 0.3) is 0 Å². The number of hydrogen-bond acceptors (Lipinski definition) is 4. The molecule has 1 aromatic carbocycles. The Bertz CT molecular complexity index is 806. The Morgan fingerprint density at radius 2 is 1.42 bits per heavy atom. The fourth-order valence-electron chi connectivity index (χ4n) is 3.73. The van der Waals surface area contributed by atoms with Gasteiger partial charge in [0.2, 0.25) is 9.70 Å². The minimum Gasteiger partial charge on any atom is -0.465 e. The van der Waals surface area contributed by atoms with Crippen molar-refractivity contribution in [1.82, 2.24) is 10.6 Å². The molecule has 3 N–H and O–H groups in total. The number of thiocarbonyl (C=S) groups is 1. The van der Waals surface area contributed by atoms with Crippen molar-refractivity contribution in [3.8, 4) is 0 Å². The van der Waals surface area contributed by atoms with Gasteiger partial charge in [-0.25, -0.2) is 4.79 Å². The van der Waals surface area contributed by atoms with E-state index in [1.165, 1.54) is 64.9 Å². The van der Waals surface area contributed by atoms with Crippen LogP contribution in [0.15, 0.2) is 24.3 Å². The van der Waals surface area contributed by atoms with Gasteiger partial charge in [-0.2, -0.15) is 0 Å². The van der Waals surface area contributed by atoms with Gasteiger partial charge in [-0.3, -0.25) is 4.79 Å². The summed E-state index contributed by atoms with van der Waals surface area (Å²) in [4.78, 5) is 24.4. The van der Waals surface area contributed by atoms with E-state index >= 15 is 0 Å². The molecule has 0 spiro atoms. The van der Waals surface area contributed by atoms with Crippen molar-refractivity contribution in [2.75, 3.05) is 12.4 Å². The van der Waals surface area contributed by atoms with Crippen molar-refractivity contribution < 1.29 is 14.3 Å². The summed E-state index contributed by atoms with van der Waals surface area (Å²) in [5, 5.41) is 8.47. The molecule has 6 nitrogen and oxygen atoms in total. The topological polar surface area (TPSA) is 79.5 Å². The molecule has 36 heavy (non-hydrogen) atoms. The first-order chi connectivity index (χ1) is 17.2. The maximum atomic E-state index is 12.5. The molecule has 1 aromatic rings. The molecule has 0 aliphatic carbocycles. The first kappa shape index (κ1) is 32.7. The highest BCUT2D eigenvalue weighted by molar-refractivity contribution is 7.80. The normalized spacial score (nSPS) is 12.0. The number of esters is 1. The Morgan fingerprint density at radius 1 is 0.889 bits per heavy atom. The van der Waals surface area contributed by atoms with Gasteiger partial charge >= 0.3 is 5.97 Å². The van der Waals surface area contributed by atoms with Gasteiger partial charge in [-0.1, -0.05) is 124 Å². The van der Waals surface area contributed by atoms with E-state index in [-0.39, 0.29) is 11.0 Å². The quantitative estimate of drug-likeness (QED) is 0.0577. The Balaban J connectivity index is 2.35. The number of anilines is 1. The summed E-state index contributed by atoms with van der Waals surface area (Å²) in [5.41, 5.74) is 0.721. The standard InChI is InChI=1S/C26H40Cl3N3O3S/c1-3-4-5-6-7-8-9-10-11-12-13-14-19-22(33)31-24(26(27,28)29)32-25(36)30-21-18-16-15-17-20(21)23(34)35-2/h15-18,24H,3-14,19H2,1-2H3,(H,31,33)(H2,30,32,36). The monoisotopic (exact) mass is 579 g/mol. The van der Waals surface area contributed by atoms with Gasteiger partial charge in [0.1, 0.15) is 6.17 Å². The molecule has 1 unspecified atom stereocenters. The van der Waals surface area contributed by atoms with E-state index in [9.17, 15) is 9.59 Å². The van der Waals surface area contributed by atoms with Crippen molar-refractivity contribution in [3.63, 3.8) is 0 Å². The van der Waals surface area contributed by atoms with Crippen molar-refractivity contribution in [1.29, 1.82) is 0 Å². The van der Waals surface area contributed by atoms with E-state index < -0.39 is 15.9 Å². The van der Waals surface area contributed by atoms with Gasteiger partial charge < -0.3 is 20.7 Å². The minimum atomic E-state index is -1.85. The number of alkyl halides is 3. The third-order valence-corrected chi connectivity index (χ3v) is 6.62. The van der Waals surface area contributed by atoms with Crippen LogP contribution in [0.5, 0.6) is 0 Å². The van der Waals surface area contributed by atoms with Crippen LogP contribution in [0.4, 0.5) is 5.69 Å². The molecule has 0 aromatic heterocycles. The largest absolute Gasteiger partial charge is 0.465 e. The number of unbranched alkanes of at least 4 members (excludes halogenated alkanes) is 11. The molecule has 1 atom stereocenters. The Hall–Kier alpha value is -1.28. The number of ether oxygens (including phenoxy) is 1. The van der Waals surface area contributed by atoms with Crippen molar-refractivity contribution in [2.24, 2.45) is 0 Å². The highest BCUT2D eigenvalue weighted by atomic mass is 35.6. The second kappa shape index (κ2) is 18.9. The molecule has 0 radical (unpaired) electrons. The lowest BCUT2D eigenvalue weighted by atomic mass is 10.0. The highest BCUT2D eigenvalue weighted by Gasteiger charge is 2.34. The fourth-order valence-corrected chi connectivity index (χ4v) is 4.28. The van der Waals surface area contributed by atoms with E-state index in [1.54, 1.807) is 24.3 Å². The SMILES string of the molecule is CCCCCCCCCCCCCCC(=O)NC(NC(=S)Nc1ccccc1C(=O)OC)C(Cl)(Cl)Cl. The van der Waals surface area contributed by atoms with Gasteiger partial charge in [-0.05, 0) is 30.8 Å². The third-order valence-electron chi connectivity index (χ3n) is 5.75. The second-order valence-corrected chi connectivity index (χ2v) is 11.6. The van der Waals surface area contributed by atoms with Crippen molar-refractivity contribution in [2.45, 2.75) is 100 Å². The van der Waals surface area contributed by atoms with Crippen LogP contribution in [0.1, 0.15) is 101 Å². The summed E-state index contributed by atoms with van der Waals surface area (Å²) in [6.45, 7) is 2.24. The molecule has 0 saturated heterocycles. The van der Waals surface area contributed by atoms with Crippen molar-refractivity contribution >= 4 is 69.7 Å². The average Bonchev–Trinajstić information content (AvgIpc) is 2.83. The minimum absolute atomic E-state index is 0.0772. The molecule has 1 rings (SSSR count). The lowest BCUT2D eigenvalue weighted by Crippen LogP contribution is -2.56. The number of carbonyl (C=O) groups excluding carboxylic acids is 2. The zero-order chi connectivity index (χ0) is 26.8. The Kier molecular flexibility index (Phi) is 17.2. The molecular formula is C26H40Cl3N3O3S. The number of nitrogens with one attached hydrogen (secondary N) is 3. The summed E-state index contributed by atoms with van der Waals surface area (Å²) < 4.78 is 2.93. The van der Waals surface area contributed by atoms with E-state index in [4.69, 9.17) is 51.8 Å². The Labute approximate surface area is 236 Å². The van der Waals surface area contributed by atoms with E-state index in [1.807, 2.05) is 0 Å². The fraction of sp³-hybridized carbons (Fsp3) is 0.654. The summed E-state index contributed by atoms with van der Waals surface area (Å²) in [7, 11) is 1.29. The number of amides is 1. The number of methoxy groups -OCH3 is 1. The van der Waals surface area contributed by atoms with Crippen LogP contribution in [0.3, 0.4) is 0 Å². The highest BCUT2D eigenvalue weighted by Crippen LogP contribution is 2.29. The zero-order valence-corrected chi connectivity index (χ0v) is 24.4. The molecule has 0 aliphatic heterocycles. The third kappa shape index (κ3) is 14.5. The molecule has 0 aliphatic rings. The molecular weight excluding hydrogens is 541 g/mol. The molecule has 0 bridgehead atoms. The number of carbonyl (C=O) groups is 2. The first-order valence-electron chi connectivity index (χ1n) is 12.8. The number of hydrogen-bond donors (Lipinski definition) is 3. The van der Waals surface area contributed by atoms with E-state index in [0.29, 0.717) is 17.7 Å². The van der Waals surface area contributed by atoms with E-state index in [0.717, 1.165) is 19.3 Å². The smallest absolute Gasteiger partial charge is 0.339 e. The lowest BCUT2D eigenvalue weighted by molar-refractivity contribution is -0.122. The molecule has 10 heteroatoms. The van der Waals surface area contributed by atoms with Crippen LogP contribution in [0.25, 0.3) is 0 Å². The van der Waals surface area contributed by atoms with Crippen LogP contribution in [0, 0.1) is 0 Å². The lowest BCUT2D eigenvalue weighted by Gasteiger charge is -2.28. The second-order valence-electron chi connectivity index (χ2n) is 8.82. The summed E-state index contributed by atoms with van der Waals surface area (Å²) in [5.74, 6) is -0.752. The first-order valence-corrected chi connectivity index (χ1v) is 14.3. The average molecular weight is 581 g/mol. The molecule has 0 heterocycles. The van der Waals surface area contributed by atoms with E-state index in [2.05, 4.69) is 22.9 Å². The maximum absolute atomic E-state index is 12.5. The molecule has 0 fully saturated rings. The van der Waals surface area contributed by atoms with Crippen LogP contribution in [-0.4, -0.2) is 34.1 Å².